The van der Waals surface area contributed by atoms with Crippen LogP contribution in [0.25, 0.3) is 0 Å². The number of nitrogens with zero attached hydrogens (tertiary/aromatic N) is 1. The van der Waals surface area contributed by atoms with E-state index >= 15 is 0 Å². The molecule has 0 radical (unpaired) electrons. The maximum absolute atomic E-state index is 12.5. The van der Waals surface area contributed by atoms with Crippen molar-refractivity contribution in [2.45, 2.75) is 58.2 Å². The predicted molar refractivity (Wildman–Crippen MR) is 79.6 cm³/mol. The molecule has 1 heterocycles. The molecule has 0 aliphatic carbocycles. The molecule has 1 amide bonds. The lowest BCUT2D eigenvalue weighted by molar-refractivity contribution is -0.133. The van der Waals surface area contributed by atoms with E-state index in [0.29, 0.717) is 19.8 Å². The number of rotatable bonds is 10. The lowest BCUT2D eigenvalue weighted by atomic mass is 9.99. The van der Waals surface area contributed by atoms with E-state index in [1.807, 2.05) is 11.8 Å². The molecule has 1 saturated heterocycles. The highest BCUT2D eigenvalue weighted by Gasteiger charge is 2.45. The molecule has 0 spiro atoms. The molecule has 1 fully saturated rings. The molecule has 2 unspecified atom stereocenters. The highest BCUT2D eigenvalue weighted by Crippen LogP contribution is 2.25. The van der Waals surface area contributed by atoms with Gasteiger partial charge in [-0.3, -0.25) is 10.1 Å². The first-order valence-corrected chi connectivity index (χ1v) is 7.74. The van der Waals surface area contributed by atoms with Gasteiger partial charge < -0.3 is 14.4 Å². The molecular weight excluding hydrogens is 256 g/mol. The third-order valence-corrected chi connectivity index (χ3v) is 3.98. The highest BCUT2D eigenvalue weighted by atomic mass is 16.5. The minimum Gasteiger partial charge on any atom is -0.382 e. The Morgan fingerprint density at radius 1 is 1.30 bits per heavy atom. The molecule has 2 atom stereocenters. The molecule has 1 N–H and O–H groups in total. The number of carbonyl (C=O) groups excluding carboxylic acids is 1. The Morgan fingerprint density at radius 3 is 2.65 bits per heavy atom. The summed E-state index contributed by atoms with van der Waals surface area (Å²) in [5, 5.41) is 3.49. The van der Waals surface area contributed by atoms with E-state index < -0.39 is 5.54 Å². The average molecular weight is 286 g/mol. The van der Waals surface area contributed by atoms with Gasteiger partial charge in [-0.05, 0) is 26.2 Å². The summed E-state index contributed by atoms with van der Waals surface area (Å²) in [6.45, 7) is 8.90. The molecule has 0 aromatic carbocycles. The van der Waals surface area contributed by atoms with E-state index in [1.54, 1.807) is 7.11 Å². The summed E-state index contributed by atoms with van der Waals surface area (Å²) >= 11 is 0. The van der Waals surface area contributed by atoms with Crippen molar-refractivity contribution in [3.05, 3.63) is 0 Å². The molecule has 1 aliphatic heterocycles. The second-order valence-corrected chi connectivity index (χ2v) is 5.59. The van der Waals surface area contributed by atoms with E-state index in [4.69, 9.17) is 9.47 Å². The Hall–Kier alpha value is -0.650. The fourth-order valence-electron chi connectivity index (χ4n) is 2.56. The second-order valence-electron chi connectivity index (χ2n) is 5.59. The van der Waals surface area contributed by atoms with Crippen molar-refractivity contribution in [1.29, 1.82) is 0 Å². The maximum Gasteiger partial charge on any atom is 0.243 e. The maximum atomic E-state index is 12.5. The zero-order chi connectivity index (χ0) is 15.0. The van der Waals surface area contributed by atoms with Crippen LogP contribution in [0.2, 0.25) is 0 Å². The normalized spacial score (nSPS) is 26.5. The molecule has 20 heavy (non-hydrogen) atoms. The first kappa shape index (κ1) is 17.4. The number of ether oxygens (including phenoxy) is 2. The summed E-state index contributed by atoms with van der Waals surface area (Å²) < 4.78 is 10.4. The van der Waals surface area contributed by atoms with Crippen LogP contribution >= 0.6 is 0 Å². The van der Waals surface area contributed by atoms with E-state index in [0.717, 1.165) is 32.2 Å². The standard InChI is InChI=1S/C15H30N2O3/c1-5-8-13-16-15(3,6-2)14(18)17(13)9-7-10-20-12-11-19-4/h13,16H,5-12H2,1-4H3. The van der Waals surface area contributed by atoms with Gasteiger partial charge >= 0.3 is 0 Å². The van der Waals surface area contributed by atoms with Gasteiger partial charge in [0.05, 0.1) is 24.9 Å². The molecule has 5 nitrogen and oxygen atoms in total. The number of carbonyl (C=O) groups is 1. The Kier molecular flexibility index (Phi) is 7.48. The fraction of sp³-hybridized carbons (Fsp3) is 0.933. The van der Waals surface area contributed by atoms with Gasteiger partial charge in [-0.25, -0.2) is 0 Å². The Balaban J connectivity index is 2.42. The van der Waals surface area contributed by atoms with Gasteiger partial charge in [0.1, 0.15) is 0 Å². The van der Waals surface area contributed by atoms with E-state index in [2.05, 4.69) is 19.2 Å². The van der Waals surface area contributed by atoms with E-state index in [-0.39, 0.29) is 12.1 Å². The van der Waals surface area contributed by atoms with Crippen LogP contribution in [-0.4, -0.2) is 56.0 Å². The number of methoxy groups -OCH3 is 1. The van der Waals surface area contributed by atoms with Gasteiger partial charge in [-0.1, -0.05) is 20.3 Å². The fourth-order valence-corrected chi connectivity index (χ4v) is 2.56. The summed E-state index contributed by atoms with van der Waals surface area (Å²) in [7, 11) is 1.67. The Morgan fingerprint density at radius 2 is 2.05 bits per heavy atom. The molecule has 5 heteroatoms. The second kappa shape index (κ2) is 8.60. The monoisotopic (exact) mass is 286 g/mol. The van der Waals surface area contributed by atoms with Crippen molar-refractivity contribution in [3.63, 3.8) is 0 Å². The summed E-state index contributed by atoms with van der Waals surface area (Å²) in [5.74, 6) is 0.232. The van der Waals surface area contributed by atoms with Gasteiger partial charge in [-0.15, -0.1) is 0 Å². The van der Waals surface area contributed by atoms with Gasteiger partial charge in [0, 0.05) is 20.3 Å². The number of hydrogen-bond donors (Lipinski definition) is 1. The molecular formula is C15H30N2O3. The van der Waals surface area contributed by atoms with Crippen molar-refractivity contribution in [2.24, 2.45) is 0 Å². The van der Waals surface area contributed by atoms with Crippen LogP contribution in [0.4, 0.5) is 0 Å². The average Bonchev–Trinajstić information content (AvgIpc) is 2.68. The number of nitrogens with one attached hydrogen (secondary N) is 1. The van der Waals surface area contributed by atoms with Crippen LogP contribution in [-0.2, 0) is 14.3 Å². The highest BCUT2D eigenvalue weighted by molar-refractivity contribution is 5.88. The van der Waals surface area contributed by atoms with Gasteiger partial charge in [0.25, 0.3) is 0 Å². The number of hydrogen-bond acceptors (Lipinski definition) is 4. The van der Waals surface area contributed by atoms with Crippen LogP contribution in [0, 0.1) is 0 Å². The summed E-state index contributed by atoms with van der Waals surface area (Å²) in [5.41, 5.74) is -0.392. The molecule has 118 valence electrons. The first-order valence-electron chi connectivity index (χ1n) is 7.74. The number of amides is 1. The van der Waals surface area contributed by atoms with Crippen LogP contribution in [0.1, 0.15) is 46.5 Å². The summed E-state index contributed by atoms with van der Waals surface area (Å²) in [6, 6.07) is 0. The Labute approximate surface area is 123 Å². The van der Waals surface area contributed by atoms with Crippen molar-refractivity contribution in [1.82, 2.24) is 10.2 Å². The minimum absolute atomic E-state index is 0.177. The third-order valence-electron chi connectivity index (χ3n) is 3.98. The van der Waals surface area contributed by atoms with Crippen LogP contribution in [0.5, 0.6) is 0 Å². The lowest BCUT2D eigenvalue weighted by Crippen LogP contribution is -2.43. The smallest absolute Gasteiger partial charge is 0.243 e. The first-order chi connectivity index (χ1) is 9.59. The van der Waals surface area contributed by atoms with E-state index in [1.165, 1.54) is 0 Å². The van der Waals surface area contributed by atoms with Gasteiger partial charge in [0.15, 0.2) is 0 Å². The van der Waals surface area contributed by atoms with Gasteiger partial charge in [-0.2, -0.15) is 0 Å². The summed E-state index contributed by atoms with van der Waals surface area (Å²) in [6.07, 6.45) is 3.96. The van der Waals surface area contributed by atoms with Crippen molar-refractivity contribution in [3.8, 4) is 0 Å². The minimum atomic E-state index is -0.392. The van der Waals surface area contributed by atoms with Crippen molar-refractivity contribution >= 4 is 5.91 Å². The van der Waals surface area contributed by atoms with Crippen LogP contribution in [0.15, 0.2) is 0 Å². The van der Waals surface area contributed by atoms with Crippen molar-refractivity contribution < 1.29 is 14.3 Å². The predicted octanol–water partition coefficient (Wildman–Crippen LogP) is 1.77. The SMILES string of the molecule is CCCC1NC(C)(CC)C(=O)N1CCCOCCOC. The quantitative estimate of drug-likeness (QED) is 0.622. The molecule has 0 aromatic rings. The van der Waals surface area contributed by atoms with E-state index in [9.17, 15) is 4.79 Å². The molecule has 0 aromatic heterocycles. The zero-order valence-electron chi connectivity index (χ0n) is 13.4. The van der Waals surface area contributed by atoms with Crippen LogP contribution in [0.3, 0.4) is 0 Å². The topological polar surface area (TPSA) is 50.8 Å². The van der Waals surface area contributed by atoms with Crippen LogP contribution < -0.4 is 5.32 Å². The molecule has 0 bridgehead atoms. The summed E-state index contributed by atoms with van der Waals surface area (Å²) in [4.78, 5) is 14.5. The Bertz CT molecular complexity index is 299. The zero-order valence-corrected chi connectivity index (χ0v) is 13.4. The molecule has 1 rings (SSSR count). The van der Waals surface area contributed by atoms with Crippen molar-refractivity contribution in [2.75, 3.05) is 33.5 Å². The van der Waals surface area contributed by atoms with Gasteiger partial charge in [0.2, 0.25) is 5.91 Å². The third kappa shape index (κ3) is 4.43. The molecule has 0 saturated carbocycles. The molecule has 1 aliphatic rings. The lowest BCUT2D eigenvalue weighted by Gasteiger charge is -2.23. The largest absolute Gasteiger partial charge is 0.382 e.